The van der Waals surface area contributed by atoms with Gasteiger partial charge in [-0.25, -0.2) is 0 Å². The summed E-state index contributed by atoms with van der Waals surface area (Å²) < 4.78 is 16.0. The van der Waals surface area contributed by atoms with Gasteiger partial charge in [-0.3, -0.25) is 4.79 Å². The van der Waals surface area contributed by atoms with Crippen LogP contribution in [0.1, 0.15) is 22.6 Å². The molecule has 0 amide bonds. The molecule has 2 aromatic carbocycles. The van der Waals surface area contributed by atoms with Crippen LogP contribution in [-0.2, 0) is 11.2 Å². The monoisotopic (exact) mass is 330 g/mol. The summed E-state index contributed by atoms with van der Waals surface area (Å²) in [5, 5.41) is 9.76. The number of rotatable bonds is 7. The molecular formula is C19H22O5. The predicted octanol–water partition coefficient (Wildman–Crippen LogP) is 3.43. The van der Waals surface area contributed by atoms with Gasteiger partial charge in [0, 0.05) is 5.56 Å². The molecule has 5 heteroatoms. The quantitative estimate of drug-likeness (QED) is 0.842. The zero-order chi connectivity index (χ0) is 17.7. The van der Waals surface area contributed by atoms with Crippen LogP contribution >= 0.6 is 0 Å². The molecule has 24 heavy (non-hydrogen) atoms. The standard InChI is InChI=1S/C19H22O5/c1-12-5-7-18(24-4)15(9-12)16(19(20)21)11-13-10-14(22-2)6-8-17(13)23-3/h5-10,16H,11H2,1-4H3,(H,20,21). The van der Waals surface area contributed by atoms with Gasteiger partial charge in [0.05, 0.1) is 27.2 Å². The van der Waals surface area contributed by atoms with Crippen molar-refractivity contribution in [2.24, 2.45) is 0 Å². The first-order valence-corrected chi connectivity index (χ1v) is 7.58. The van der Waals surface area contributed by atoms with Gasteiger partial charge in [0.25, 0.3) is 0 Å². The first-order chi connectivity index (χ1) is 11.5. The molecule has 2 rings (SSSR count). The Balaban J connectivity index is 2.47. The summed E-state index contributed by atoms with van der Waals surface area (Å²) >= 11 is 0. The number of benzene rings is 2. The van der Waals surface area contributed by atoms with Gasteiger partial charge in [-0.2, -0.15) is 0 Å². The number of carboxylic acid groups (broad SMARTS) is 1. The molecule has 2 aromatic rings. The van der Waals surface area contributed by atoms with Crippen molar-refractivity contribution in [2.45, 2.75) is 19.3 Å². The van der Waals surface area contributed by atoms with E-state index in [1.807, 2.05) is 19.1 Å². The molecule has 0 spiro atoms. The van der Waals surface area contributed by atoms with Crippen molar-refractivity contribution in [3.63, 3.8) is 0 Å². The van der Waals surface area contributed by atoms with Crippen molar-refractivity contribution < 1.29 is 24.1 Å². The molecule has 0 aliphatic carbocycles. The van der Waals surface area contributed by atoms with Gasteiger partial charge in [-0.1, -0.05) is 17.7 Å². The van der Waals surface area contributed by atoms with E-state index < -0.39 is 11.9 Å². The van der Waals surface area contributed by atoms with Crippen LogP contribution in [0.2, 0.25) is 0 Å². The molecule has 0 aliphatic heterocycles. The molecule has 1 atom stereocenters. The third kappa shape index (κ3) is 3.79. The first kappa shape index (κ1) is 17.7. The number of carboxylic acids is 1. The summed E-state index contributed by atoms with van der Waals surface area (Å²) in [6.45, 7) is 1.92. The molecule has 0 bridgehead atoms. The topological polar surface area (TPSA) is 65.0 Å². The minimum Gasteiger partial charge on any atom is -0.497 e. The van der Waals surface area contributed by atoms with Gasteiger partial charge in [-0.15, -0.1) is 0 Å². The van der Waals surface area contributed by atoms with Crippen molar-refractivity contribution in [1.29, 1.82) is 0 Å². The van der Waals surface area contributed by atoms with Crippen molar-refractivity contribution >= 4 is 5.97 Å². The Morgan fingerprint density at radius 3 is 2.25 bits per heavy atom. The molecule has 0 radical (unpaired) electrons. The molecule has 128 valence electrons. The molecule has 0 aromatic heterocycles. The highest BCUT2D eigenvalue weighted by atomic mass is 16.5. The Kier molecular flexibility index (Phi) is 5.68. The summed E-state index contributed by atoms with van der Waals surface area (Å²) in [5.41, 5.74) is 2.40. The van der Waals surface area contributed by atoms with Crippen LogP contribution in [0, 0.1) is 6.92 Å². The molecule has 0 fully saturated rings. The van der Waals surface area contributed by atoms with Crippen molar-refractivity contribution in [1.82, 2.24) is 0 Å². The molecule has 0 saturated heterocycles. The Labute approximate surface area is 141 Å². The average Bonchev–Trinajstić information content (AvgIpc) is 2.59. The number of carbonyl (C=O) groups is 1. The van der Waals surface area contributed by atoms with E-state index in [2.05, 4.69) is 0 Å². The fraction of sp³-hybridized carbons (Fsp3) is 0.316. The molecule has 0 saturated carbocycles. The fourth-order valence-electron chi connectivity index (χ4n) is 2.72. The average molecular weight is 330 g/mol. The van der Waals surface area contributed by atoms with Crippen molar-refractivity contribution in [2.75, 3.05) is 21.3 Å². The van der Waals surface area contributed by atoms with E-state index in [4.69, 9.17) is 14.2 Å². The fourth-order valence-corrected chi connectivity index (χ4v) is 2.72. The number of hydrogen-bond donors (Lipinski definition) is 1. The van der Waals surface area contributed by atoms with Crippen LogP contribution in [0.4, 0.5) is 0 Å². The Morgan fingerprint density at radius 2 is 1.67 bits per heavy atom. The summed E-state index contributed by atoms with van der Waals surface area (Å²) in [4.78, 5) is 11.9. The third-order valence-electron chi connectivity index (χ3n) is 3.97. The molecule has 0 aliphatic rings. The Bertz CT molecular complexity index is 724. The number of aryl methyl sites for hydroxylation is 1. The highest BCUT2D eigenvalue weighted by Crippen LogP contribution is 2.34. The maximum atomic E-state index is 11.9. The van der Waals surface area contributed by atoms with E-state index in [-0.39, 0.29) is 6.42 Å². The lowest BCUT2D eigenvalue weighted by molar-refractivity contribution is -0.138. The zero-order valence-corrected chi connectivity index (χ0v) is 14.3. The normalized spacial score (nSPS) is 11.7. The molecule has 5 nitrogen and oxygen atoms in total. The molecular weight excluding hydrogens is 308 g/mol. The Morgan fingerprint density at radius 1 is 1.00 bits per heavy atom. The van der Waals surface area contributed by atoms with E-state index in [0.717, 1.165) is 11.1 Å². The summed E-state index contributed by atoms with van der Waals surface area (Å²) in [6.07, 6.45) is 0.273. The second-order valence-corrected chi connectivity index (χ2v) is 5.52. The van der Waals surface area contributed by atoms with Gasteiger partial charge in [-0.05, 0) is 43.2 Å². The lowest BCUT2D eigenvalue weighted by atomic mass is 9.90. The number of hydrogen-bond acceptors (Lipinski definition) is 4. The summed E-state index contributed by atoms with van der Waals surface area (Å²) in [5.74, 6) is 0.194. The first-order valence-electron chi connectivity index (χ1n) is 7.58. The lowest BCUT2D eigenvalue weighted by Gasteiger charge is -2.19. The van der Waals surface area contributed by atoms with Crippen LogP contribution in [0.25, 0.3) is 0 Å². The number of aliphatic carboxylic acids is 1. The number of ether oxygens (including phenoxy) is 3. The van der Waals surface area contributed by atoms with Gasteiger partial charge in [0.2, 0.25) is 0 Å². The van der Waals surface area contributed by atoms with E-state index >= 15 is 0 Å². The lowest BCUT2D eigenvalue weighted by Crippen LogP contribution is -2.16. The second-order valence-electron chi connectivity index (χ2n) is 5.52. The molecule has 0 heterocycles. The van der Waals surface area contributed by atoms with Gasteiger partial charge in [0.1, 0.15) is 17.2 Å². The van der Waals surface area contributed by atoms with Crippen LogP contribution in [-0.4, -0.2) is 32.4 Å². The van der Waals surface area contributed by atoms with Crippen LogP contribution in [0.5, 0.6) is 17.2 Å². The smallest absolute Gasteiger partial charge is 0.311 e. The number of methoxy groups -OCH3 is 3. The van der Waals surface area contributed by atoms with E-state index in [9.17, 15) is 9.90 Å². The molecule has 1 unspecified atom stereocenters. The van der Waals surface area contributed by atoms with Gasteiger partial charge < -0.3 is 19.3 Å². The van der Waals surface area contributed by atoms with Gasteiger partial charge >= 0.3 is 5.97 Å². The van der Waals surface area contributed by atoms with Crippen molar-refractivity contribution in [3.05, 3.63) is 53.1 Å². The van der Waals surface area contributed by atoms with E-state index in [1.165, 1.54) is 0 Å². The van der Waals surface area contributed by atoms with Crippen LogP contribution in [0.3, 0.4) is 0 Å². The maximum Gasteiger partial charge on any atom is 0.311 e. The van der Waals surface area contributed by atoms with E-state index in [1.54, 1.807) is 45.6 Å². The predicted molar refractivity (Wildman–Crippen MR) is 91.4 cm³/mol. The Hall–Kier alpha value is -2.69. The second kappa shape index (κ2) is 7.73. The highest BCUT2D eigenvalue weighted by molar-refractivity contribution is 5.78. The van der Waals surface area contributed by atoms with Crippen LogP contribution in [0.15, 0.2) is 36.4 Å². The minimum atomic E-state index is -0.913. The van der Waals surface area contributed by atoms with Gasteiger partial charge in [0.15, 0.2) is 0 Å². The molecule has 1 N–H and O–H groups in total. The zero-order valence-electron chi connectivity index (χ0n) is 14.3. The summed E-state index contributed by atoms with van der Waals surface area (Å²) in [6, 6.07) is 10.9. The summed E-state index contributed by atoms with van der Waals surface area (Å²) in [7, 11) is 4.68. The van der Waals surface area contributed by atoms with Crippen LogP contribution < -0.4 is 14.2 Å². The maximum absolute atomic E-state index is 11.9. The highest BCUT2D eigenvalue weighted by Gasteiger charge is 2.25. The largest absolute Gasteiger partial charge is 0.497 e. The van der Waals surface area contributed by atoms with Crippen molar-refractivity contribution in [3.8, 4) is 17.2 Å². The SMILES string of the molecule is COc1ccc(OC)c(CC(C(=O)O)c2cc(C)ccc2OC)c1. The minimum absolute atomic E-state index is 0.273. The van der Waals surface area contributed by atoms with E-state index in [0.29, 0.717) is 22.8 Å². The third-order valence-corrected chi connectivity index (χ3v) is 3.97.